The summed E-state index contributed by atoms with van der Waals surface area (Å²) in [7, 11) is 0. The lowest BCUT2D eigenvalue weighted by molar-refractivity contribution is -0.137. The number of aromatic nitrogens is 4. The molecule has 0 fully saturated rings. The first-order valence-electron chi connectivity index (χ1n) is 9.10. The molecule has 0 aliphatic carbocycles. The Kier molecular flexibility index (Phi) is 5.10. The number of nitrogens with zero attached hydrogens (tertiary/aromatic N) is 4. The van der Waals surface area contributed by atoms with Crippen LogP contribution in [0.1, 0.15) is 11.3 Å². The average molecular weight is 425 g/mol. The van der Waals surface area contributed by atoms with Crippen molar-refractivity contribution >= 4 is 5.95 Å². The third-order valence-electron chi connectivity index (χ3n) is 4.67. The van der Waals surface area contributed by atoms with Gasteiger partial charge in [0.05, 0.1) is 23.1 Å². The Balaban J connectivity index is 1.86. The maximum absolute atomic E-state index is 14.9. The Morgan fingerprint density at radius 3 is 2.06 bits per heavy atom. The number of anilines is 1. The Morgan fingerprint density at radius 2 is 1.45 bits per heavy atom. The number of hydrogen-bond donors (Lipinski definition) is 1. The molecule has 2 aromatic carbocycles. The van der Waals surface area contributed by atoms with Gasteiger partial charge >= 0.3 is 6.18 Å². The molecule has 156 valence electrons. The Bertz CT molecular complexity index is 1240. The van der Waals surface area contributed by atoms with E-state index in [1.807, 2.05) is 0 Å². The highest BCUT2D eigenvalue weighted by Crippen LogP contribution is 2.38. The van der Waals surface area contributed by atoms with E-state index in [2.05, 4.69) is 19.9 Å². The van der Waals surface area contributed by atoms with E-state index in [1.54, 1.807) is 6.92 Å². The average Bonchev–Trinajstić information content (AvgIpc) is 2.74. The summed E-state index contributed by atoms with van der Waals surface area (Å²) in [4.78, 5) is 16.0. The van der Waals surface area contributed by atoms with Crippen molar-refractivity contribution in [3.8, 4) is 33.5 Å². The quantitative estimate of drug-likeness (QED) is 0.450. The van der Waals surface area contributed by atoms with Gasteiger partial charge in [0, 0.05) is 29.7 Å². The summed E-state index contributed by atoms with van der Waals surface area (Å²) in [5.41, 5.74) is 7.16. The van der Waals surface area contributed by atoms with Crippen LogP contribution >= 0.6 is 0 Å². The number of rotatable bonds is 3. The second-order valence-corrected chi connectivity index (χ2v) is 6.83. The van der Waals surface area contributed by atoms with Crippen molar-refractivity contribution in [1.82, 2.24) is 19.9 Å². The first-order valence-corrected chi connectivity index (χ1v) is 9.10. The van der Waals surface area contributed by atoms with E-state index in [1.165, 1.54) is 49.1 Å². The fourth-order valence-corrected chi connectivity index (χ4v) is 3.11. The largest absolute Gasteiger partial charge is 0.416 e. The minimum Gasteiger partial charge on any atom is -0.368 e. The summed E-state index contributed by atoms with van der Waals surface area (Å²) < 4.78 is 54.9. The molecule has 9 heteroatoms. The number of nitrogens with two attached hydrogens (primary N) is 1. The van der Waals surface area contributed by atoms with Crippen molar-refractivity contribution in [1.29, 1.82) is 0 Å². The Labute approximate surface area is 174 Å². The van der Waals surface area contributed by atoms with Crippen LogP contribution in [0.5, 0.6) is 0 Å². The molecule has 0 aliphatic rings. The lowest BCUT2D eigenvalue weighted by Crippen LogP contribution is -2.05. The monoisotopic (exact) mass is 425 g/mol. The minimum atomic E-state index is -4.55. The smallest absolute Gasteiger partial charge is 0.368 e. The number of alkyl halides is 3. The summed E-state index contributed by atoms with van der Waals surface area (Å²) in [6, 6.07) is 7.43. The number of aryl methyl sites for hydroxylation is 1. The summed E-state index contributed by atoms with van der Waals surface area (Å²) in [5.74, 6) is -0.598. The molecule has 2 heterocycles. The molecule has 5 nitrogen and oxygen atoms in total. The molecule has 4 aromatic rings. The molecule has 2 aromatic heterocycles. The molecule has 31 heavy (non-hydrogen) atoms. The lowest BCUT2D eigenvalue weighted by atomic mass is 9.93. The number of halogens is 4. The summed E-state index contributed by atoms with van der Waals surface area (Å²) >= 11 is 0. The van der Waals surface area contributed by atoms with Crippen LogP contribution in [0.4, 0.5) is 23.5 Å². The van der Waals surface area contributed by atoms with Crippen molar-refractivity contribution < 1.29 is 17.6 Å². The molecular weight excluding hydrogens is 410 g/mol. The van der Waals surface area contributed by atoms with Gasteiger partial charge in [-0.25, -0.2) is 14.4 Å². The molecule has 0 atom stereocenters. The summed E-state index contributed by atoms with van der Waals surface area (Å²) in [6.45, 7) is 1.76. The summed E-state index contributed by atoms with van der Waals surface area (Å²) in [5, 5.41) is 0. The molecule has 0 spiro atoms. The molecule has 0 saturated heterocycles. The van der Waals surface area contributed by atoms with Gasteiger partial charge in [-0.1, -0.05) is 12.1 Å². The normalized spacial score (nSPS) is 11.5. The first-order chi connectivity index (χ1) is 14.7. The van der Waals surface area contributed by atoms with E-state index in [4.69, 9.17) is 5.73 Å². The molecule has 4 rings (SSSR count). The molecule has 0 aliphatic heterocycles. The van der Waals surface area contributed by atoms with Crippen molar-refractivity contribution in [2.75, 3.05) is 5.73 Å². The highest BCUT2D eigenvalue weighted by atomic mass is 19.4. The molecule has 0 amide bonds. The molecule has 0 saturated carbocycles. The van der Waals surface area contributed by atoms with Gasteiger partial charge in [-0.2, -0.15) is 13.2 Å². The van der Waals surface area contributed by atoms with E-state index < -0.39 is 17.6 Å². The first kappa shape index (κ1) is 20.4. The number of hydrogen-bond acceptors (Lipinski definition) is 5. The topological polar surface area (TPSA) is 77.6 Å². The van der Waals surface area contributed by atoms with Crippen molar-refractivity contribution in [3.63, 3.8) is 0 Å². The third kappa shape index (κ3) is 4.20. The van der Waals surface area contributed by atoms with Gasteiger partial charge < -0.3 is 5.73 Å². The zero-order valence-electron chi connectivity index (χ0n) is 16.2. The Hall–Kier alpha value is -3.88. The number of nitrogen functional groups attached to an aromatic ring is 1. The SMILES string of the molecule is Cc1cnc(-c2ccc(-c3cc(C(F)(F)F)ccc3-c3cnc(N)nc3)cc2F)cn1. The fourth-order valence-electron chi connectivity index (χ4n) is 3.11. The van der Waals surface area contributed by atoms with Crippen LogP contribution in [0.25, 0.3) is 33.5 Å². The third-order valence-corrected chi connectivity index (χ3v) is 4.67. The fraction of sp³-hybridized carbons (Fsp3) is 0.0909. The molecule has 0 bridgehead atoms. The van der Waals surface area contributed by atoms with E-state index in [-0.39, 0.29) is 22.6 Å². The van der Waals surface area contributed by atoms with Gasteiger partial charge in [0.25, 0.3) is 0 Å². The second-order valence-electron chi connectivity index (χ2n) is 6.83. The van der Waals surface area contributed by atoms with Gasteiger partial charge in [0.2, 0.25) is 5.95 Å². The van der Waals surface area contributed by atoms with Crippen LogP contribution in [0.2, 0.25) is 0 Å². The van der Waals surface area contributed by atoms with Crippen LogP contribution in [-0.2, 0) is 6.18 Å². The Morgan fingerprint density at radius 1 is 0.742 bits per heavy atom. The van der Waals surface area contributed by atoms with Gasteiger partial charge in [-0.3, -0.25) is 9.97 Å². The van der Waals surface area contributed by atoms with Crippen LogP contribution in [-0.4, -0.2) is 19.9 Å². The van der Waals surface area contributed by atoms with Crippen LogP contribution < -0.4 is 5.73 Å². The van der Waals surface area contributed by atoms with Gasteiger partial charge in [-0.15, -0.1) is 0 Å². The van der Waals surface area contributed by atoms with E-state index in [0.717, 1.165) is 12.1 Å². The van der Waals surface area contributed by atoms with Gasteiger partial charge in [0.1, 0.15) is 5.82 Å². The maximum Gasteiger partial charge on any atom is 0.416 e. The van der Waals surface area contributed by atoms with Gasteiger partial charge in [-0.05, 0) is 47.9 Å². The van der Waals surface area contributed by atoms with Crippen LogP contribution in [0, 0.1) is 12.7 Å². The predicted octanol–water partition coefficient (Wildman–Crippen LogP) is 5.32. The molecule has 2 N–H and O–H groups in total. The highest BCUT2D eigenvalue weighted by molar-refractivity contribution is 5.84. The zero-order chi connectivity index (χ0) is 22.2. The van der Waals surface area contributed by atoms with Crippen molar-refractivity contribution in [2.24, 2.45) is 0 Å². The minimum absolute atomic E-state index is 0.0341. The highest BCUT2D eigenvalue weighted by Gasteiger charge is 2.31. The maximum atomic E-state index is 14.9. The van der Waals surface area contributed by atoms with Gasteiger partial charge in [0.15, 0.2) is 0 Å². The summed E-state index contributed by atoms with van der Waals surface area (Å²) in [6.07, 6.45) is 1.20. The van der Waals surface area contributed by atoms with E-state index in [0.29, 0.717) is 22.5 Å². The van der Waals surface area contributed by atoms with Crippen molar-refractivity contribution in [2.45, 2.75) is 13.1 Å². The van der Waals surface area contributed by atoms with Crippen LogP contribution in [0.15, 0.2) is 61.2 Å². The molecular formula is C22H15F4N5. The molecule has 0 unspecified atom stereocenters. The van der Waals surface area contributed by atoms with Crippen molar-refractivity contribution in [3.05, 3.63) is 78.3 Å². The lowest BCUT2D eigenvalue weighted by Gasteiger charge is -2.15. The predicted molar refractivity (Wildman–Crippen MR) is 108 cm³/mol. The van der Waals surface area contributed by atoms with E-state index in [9.17, 15) is 17.6 Å². The zero-order valence-corrected chi connectivity index (χ0v) is 16.2. The molecule has 0 radical (unpaired) electrons. The standard InChI is InChI=1S/C22H15F4N5/c1-12-8-29-20(11-28-12)17-4-2-13(6-19(17)23)18-7-15(22(24,25)26)3-5-16(18)14-9-30-21(27)31-10-14/h2-11H,1H3,(H2,27,30,31). The number of benzene rings is 2. The van der Waals surface area contributed by atoms with Crippen LogP contribution in [0.3, 0.4) is 0 Å². The second kappa shape index (κ2) is 7.75. The van der Waals surface area contributed by atoms with E-state index >= 15 is 0 Å².